The van der Waals surface area contributed by atoms with Gasteiger partial charge in [-0.05, 0) is 38.4 Å². The summed E-state index contributed by atoms with van der Waals surface area (Å²) in [5.41, 5.74) is 1.21. The van der Waals surface area contributed by atoms with Gasteiger partial charge in [0, 0.05) is 12.1 Å². The molecule has 1 atom stereocenters. The van der Waals surface area contributed by atoms with Gasteiger partial charge >= 0.3 is 11.9 Å². The van der Waals surface area contributed by atoms with Crippen LogP contribution in [0.2, 0.25) is 0 Å². The fourth-order valence-corrected chi connectivity index (χ4v) is 3.15. The average molecular weight is 373 g/mol. The number of rotatable bonds is 6. The topological polar surface area (TPSA) is 94.8 Å². The van der Waals surface area contributed by atoms with Crippen molar-refractivity contribution < 1.29 is 23.6 Å². The van der Waals surface area contributed by atoms with Crippen LogP contribution in [-0.4, -0.2) is 53.8 Å². The van der Waals surface area contributed by atoms with E-state index < -0.39 is 5.97 Å². The highest BCUT2D eigenvalue weighted by atomic mass is 16.5. The van der Waals surface area contributed by atoms with E-state index in [4.69, 9.17) is 9.26 Å². The van der Waals surface area contributed by atoms with Gasteiger partial charge in [0.25, 0.3) is 0 Å². The lowest BCUT2D eigenvalue weighted by atomic mass is 9.98. The highest BCUT2D eigenvalue weighted by Crippen LogP contribution is 2.21. The fraction of sp³-hybridized carbons (Fsp3) is 0.474. The smallest absolute Gasteiger partial charge is 0.337 e. The predicted octanol–water partition coefficient (Wildman–Crippen LogP) is 2.30. The lowest BCUT2D eigenvalue weighted by molar-refractivity contribution is -0.150. The number of hydrogen-bond donors (Lipinski definition) is 0. The molecule has 2 heterocycles. The summed E-state index contributed by atoms with van der Waals surface area (Å²) in [5.74, 6) is 0.314. The molecule has 1 fully saturated rings. The predicted molar refractivity (Wildman–Crippen MR) is 95.7 cm³/mol. The molecule has 1 aliphatic rings. The van der Waals surface area contributed by atoms with Gasteiger partial charge in [0.15, 0.2) is 0 Å². The zero-order valence-corrected chi connectivity index (χ0v) is 15.5. The Kier molecular flexibility index (Phi) is 6.18. The van der Waals surface area contributed by atoms with Gasteiger partial charge in [-0.3, -0.25) is 9.69 Å². The highest BCUT2D eigenvalue weighted by molar-refractivity contribution is 5.89. The fourth-order valence-electron chi connectivity index (χ4n) is 3.15. The monoisotopic (exact) mass is 373 g/mol. The molecule has 0 spiro atoms. The Hall–Kier alpha value is -2.74. The number of aromatic nitrogens is 2. The number of hydrogen-bond acceptors (Lipinski definition) is 8. The van der Waals surface area contributed by atoms with E-state index in [9.17, 15) is 9.59 Å². The van der Waals surface area contributed by atoms with Crippen LogP contribution in [0.15, 0.2) is 28.8 Å². The van der Waals surface area contributed by atoms with E-state index in [1.807, 2.05) is 6.92 Å². The van der Waals surface area contributed by atoms with Crippen molar-refractivity contribution in [3.05, 3.63) is 35.7 Å². The number of esters is 2. The van der Waals surface area contributed by atoms with Crippen molar-refractivity contribution in [2.45, 2.75) is 26.3 Å². The summed E-state index contributed by atoms with van der Waals surface area (Å²) in [7, 11) is 1.34. The maximum Gasteiger partial charge on any atom is 0.337 e. The molecule has 0 unspecified atom stereocenters. The number of benzene rings is 1. The van der Waals surface area contributed by atoms with Gasteiger partial charge in [-0.25, -0.2) is 4.79 Å². The standard InChI is InChI=1S/C19H23N3O5/c1-3-26-19(24)15-5-4-10-22(11-15)12-16-20-17(21-27-16)13-6-8-14(9-7-13)18(23)25-2/h6-9,15H,3-5,10-12H2,1-2H3/t15-/m0/s1. The molecule has 1 aromatic heterocycles. The zero-order valence-electron chi connectivity index (χ0n) is 15.5. The Morgan fingerprint density at radius 3 is 2.78 bits per heavy atom. The first kappa shape index (κ1) is 19.0. The quantitative estimate of drug-likeness (QED) is 0.712. The number of carbonyl (C=O) groups is 2. The molecule has 0 radical (unpaired) electrons. The molecule has 0 N–H and O–H groups in total. The molecule has 0 bridgehead atoms. The van der Waals surface area contributed by atoms with Crippen LogP contribution in [0.1, 0.15) is 36.0 Å². The average Bonchev–Trinajstić information content (AvgIpc) is 3.16. The van der Waals surface area contributed by atoms with Gasteiger partial charge in [-0.1, -0.05) is 17.3 Å². The molecular weight excluding hydrogens is 350 g/mol. The first-order valence-electron chi connectivity index (χ1n) is 9.01. The molecule has 0 saturated carbocycles. The maximum atomic E-state index is 11.9. The molecule has 0 amide bonds. The lowest BCUT2D eigenvalue weighted by Crippen LogP contribution is -2.39. The van der Waals surface area contributed by atoms with Crippen LogP contribution >= 0.6 is 0 Å². The molecule has 144 valence electrons. The second-order valence-corrected chi connectivity index (χ2v) is 6.41. The van der Waals surface area contributed by atoms with Crippen molar-refractivity contribution >= 4 is 11.9 Å². The van der Waals surface area contributed by atoms with Crippen LogP contribution in [-0.2, 0) is 20.8 Å². The van der Waals surface area contributed by atoms with Gasteiger partial charge in [0.2, 0.25) is 11.7 Å². The Morgan fingerprint density at radius 1 is 1.30 bits per heavy atom. The van der Waals surface area contributed by atoms with Crippen molar-refractivity contribution in [3.63, 3.8) is 0 Å². The van der Waals surface area contributed by atoms with Gasteiger partial charge in [-0.2, -0.15) is 4.98 Å². The third-order valence-corrected chi connectivity index (χ3v) is 4.52. The molecule has 0 aliphatic carbocycles. The molecule has 27 heavy (non-hydrogen) atoms. The van der Waals surface area contributed by atoms with E-state index in [1.54, 1.807) is 24.3 Å². The van der Waals surface area contributed by atoms with E-state index in [1.165, 1.54) is 7.11 Å². The zero-order chi connectivity index (χ0) is 19.2. The Balaban J connectivity index is 1.62. The minimum absolute atomic E-state index is 0.105. The minimum Gasteiger partial charge on any atom is -0.466 e. The number of carbonyl (C=O) groups excluding carboxylic acids is 2. The summed E-state index contributed by atoms with van der Waals surface area (Å²) in [6.07, 6.45) is 1.77. The molecule has 8 nitrogen and oxygen atoms in total. The van der Waals surface area contributed by atoms with Crippen molar-refractivity contribution in [2.24, 2.45) is 5.92 Å². The molecule has 8 heteroatoms. The van der Waals surface area contributed by atoms with Crippen LogP contribution in [0.3, 0.4) is 0 Å². The Morgan fingerprint density at radius 2 is 2.07 bits per heavy atom. The summed E-state index contributed by atoms with van der Waals surface area (Å²) in [5, 5.41) is 4.01. The first-order valence-corrected chi connectivity index (χ1v) is 9.01. The largest absolute Gasteiger partial charge is 0.466 e. The molecule has 1 aliphatic heterocycles. The van der Waals surface area contributed by atoms with E-state index in [-0.39, 0.29) is 11.9 Å². The second-order valence-electron chi connectivity index (χ2n) is 6.41. The van der Waals surface area contributed by atoms with Gasteiger partial charge < -0.3 is 14.0 Å². The number of likely N-dealkylation sites (tertiary alicyclic amines) is 1. The number of nitrogens with zero attached hydrogens (tertiary/aromatic N) is 3. The second kappa shape index (κ2) is 8.77. The molecule has 1 aromatic carbocycles. The van der Waals surface area contributed by atoms with Crippen LogP contribution in [0.4, 0.5) is 0 Å². The van der Waals surface area contributed by atoms with Crippen LogP contribution in [0.25, 0.3) is 11.4 Å². The van der Waals surface area contributed by atoms with E-state index in [0.29, 0.717) is 37.0 Å². The number of piperidine rings is 1. The first-order chi connectivity index (χ1) is 13.1. The summed E-state index contributed by atoms with van der Waals surface area (Å²) in [6, 6.07) is 6.81. The SMILES string of the molecule is CCOC(=O)[C@H]1CCCN(Cc2nc(-c3ccc(C(=O)OC)cc3)no2)C1. The van der Waals surface area contributed by atoms with Crippen molar-refractivity contribution in [2.75, 3.05) is 26.8 Å². The van der Waals surface area contributed by atoms with Gasteiger partial charge in [0.1, 0.15) is 0 Å². The van der Waals surface area contributed by atoms with E-state index in [0.717, 1.165) is 24.9 Å². The van der Waals surface area contributed by atoms with E-state index in [2.05, 4.69) is 19.8 Å². The molecular formula is C19H23N3O5. The molecule has 2 aromatic rings. The maximum absolute atomic E-state index is 11.9. The van der Waals surface area contributed by atoms with Crippen molar-refractivity contribution in [1.82, 2.24) is 15.0 Å². The Labute approximate surface area is 157 Å². The van der Waals surface area contributed by atoms with E-state index >= 15 is 0 Å². The van der Waals surface area contributed by atoms with Crippen LogP contribution < -0.4 is 0 Å². The Bertz CT molecular complexity index is 787. The summed E-state index contributed by atoms with van der Waals surface area (Å²) in [4.78, 5) is 30.0. The van der Waals surface area contributed by atoms with Crippen LogP contribution in [0.5, 0.6) is 0 Å². The lowest BCUT2D eigenvalue weighted by Gasteiger charge is -2.30. The van der Waals surface area contributed by atoms with Crippen LogP contribution in [0, 0.1) is 5.92 Å². The van der Waals surface area contributed by atoms with Crippen molar-refractivity contribution in [1.29, 1.82) is 0 Å². The third kappa shape index (κ3) is 4.71. The summed E-state index contributed by atoms with van der Waals surface area (Å²) >= 11 is 0. The minimum atomic E-state index is -0.392. The highest BCUT2D eigenvalue weighted by Gasteiger charge is 2.27. The van der Waals surface area contributed by atoms with Gasteiger partial charge in [0.05, 0.1) is 31.7 Å². The molecule has 1 saturated heterocycles. The molecule has 3 rings (SSSR count). The summed E-state index contributed by atoms with van der Waals surface area (Å²) < 4.78 is 15.2. The third-order valence-electron chi connectivity index (χ3n) is 4.52. The van der Waals surface area contributed by atoms with Crippen molar-refractivity contribution in [3.8, 4) is 11.4 Å². The number of methoxy groups -OCH3 is 1. The normalized spacial score (nSPS) is 17.5. The number of ether oxygens (including phenoxy) is 2. The van der Waals surface area contributed by atoms with Gasteiger partial charge in [-0.15, -0.1) is 0 Å². The summed E-state index contributed by atoms with van der Waals surface area (Å²) in [6.45, 7) is 4.21.